The molecule has 0 atom stereocenters. The number of fused-ring (bicyclic) bond motifs is 3. The molecule has 0 bridgehead atoms. The molecule has 2 N–H and O–H groups in total. The molecule has 24 heavy (non-hydrogen) atoms. The molecule has 0 aliphatic heterocycles. The van der Waals surface area contributed by atoms with E-state index in [4.69, 9.17) is 9.97 Å². The van der Waals surface area contributed by atoms with Crippen LogP contribution in [-0.4, -0.2) is 23.1 Å². The lowest BCUT2D eigenvalue weighted by molar-refractivity contribution is 0.831. The number of aromatic nitrogens is 2. The van der Waals surface area contributed by atoms with Crippen molar-refractivity contribution in [3.63, 3.8) is 0 Å². The lowest BCUT2D eigenvalue weighted by atomic mass is 10.1. The summed E-state index contributed by atoms with van der Waals surface area (Å²) in [6, 6.07) is 12.6. The SMILES string of the molecule is CCCCNc1ccc2ccc3ccc(NCCCC)nc3c2n1. The van der Waals surface area contributed by atoms with Crippen LogP contribution >= 0.6 is 0 Å². The van der Waals surface area contributed by atoms with Crippen molar-refractivity contribution in [2.24, 2.45) is 0 Å². The van der Waals surface area contributed by atoms with Crippen molar-refractivity contribution >= 4 is 33.4 Å². The molecule has 3 rings (SSSR count). The first-order chi connectivity index (χ1) is 11.8. The Morgan fingerprint density at radius 3 is 1.50 bits per heavy atom. The van der Waals surface area contributed by atoms with E-state index < -0.39 is 0 Å². The van der Waals surface area contributed by atoms with Gasteiger partial charge in [-0.25, -0.2) is 9.97 Å². The van der Waals surface area contributed by atoms with Crippen molar-refractivity contribution in [3.8, 4) is 0 Å². The summed E-state index contributed by atoms with van der Waals surface area (Å²) in [7, 11) is 0. The summed E-state index contributed by atoms with van der Waals surface area (Å²) in [4.78, 5) is 9.62. The zero-order valence-corrected chi connectivity index (χ0v) is 14.6. The van der Waals surface area contributed by atoms with Crippen LogP contribution in [0.2, 0.25) is 0 Å². The third-order valence-corrected chi connectivity index (χ3v) is 4.19. The Morgan fingerprint density at radius 2 is 1.08 bits per heavy atom. The zero-order chi connectivity index (χ0) is 16.8. The summed E-state index contributed by atoms with van der Waals surface area (Å²) in [5, 5.41) is 9.06. The lowest BCUT2D eigenvalue weighted by Crippen LogP contribution is -2.04. The molecule has 4 nitrogen and oxygen atoms in total. The number of hydrogen-bond donors (Lipinski definition) is 2. The van der Waals surface area contributed by atoms with Crippen molar-refractivity contribution in [1.82, 2.24) is 9.97 Å². The van der Waals surface area contributed by atoms with E-state index in [0.717, 1.165) is 59.4 Å². The maximum absolute atomic E-state index is 4.81. The Morgan fingerprint density at radius 1 is 0.667 bits per heavy atom. The van der Waals surface area contributed by atoms with Crippen LogP contribution < -0.4 is 10.6 Å². The number of anilines is 2. The Balaban J connectivity index is 1.95. The molecule has 1 aromatic carbocycles. The minimum atomic E-state index is 0.926. The van der Waals surface area contributed by atoms with E-state index >= 15 is 0 Å². The van der Waals surface area contributed by atoms with Gasteiger partial charge in [0.2, 0.25) is 0 Å². The van der Waals surface area contributed by atoms with Crippen molar-refractivity contribution < 1.29 is 0 Å². The molecule has 0 unspecified atom stereocenters. The number of unbranched alkanes of at least 4 members (excludes halogenated alkanes) is 2. The monoisotopic (exact) mass is 322 g/mol. The number of hydrogen-bond acceptors (Lipinski definition) is 4. The highest BCUT2D eigenvalue weighted by Crippen LogP contribution is 2.25. The van der Waals surface area contributed by atoms with Crippen molar-refractivity contribution in [2.45, 2.75) is 39.5 Å². The van der Waals surface area contributed by atoms with E-state index in [1.165, 1.54) is 12.8 Å². The number of nitrogens with one attached hydrogen (secondary N) is 2. The van der Waals surface area contributed by atoms with E-state index in [-0.39, 0.29) is 0 Å². The van der Waals surface area contributed by atoms with Gasteiger partial charge in [0.05, 0.1) is 11.0 Å². The van der Waals surface area contributed by atoms with Crippen LogP contribution in [0.25, 0.3) is 21.8 Å². The van der Waals surface area contributed by atoms with Gasteiger partial charge in [-0.05, 0) is 37.1 Å². The Labute approximate surface area is 143 Å². The minimum absolute atomic E-state index is 0.926. The topological polar surface area (TPSA) is 49.8 Å². The Kier molecular flexibility index (Phi) is 5.47. The van der Waals surface area contributed by atoms with Crippen LogP contribution in [0.3, 0.4) is 0 Å². The van der Waals surface area contributed by atoms with Crippen LogP contribution in [0.1, 0.15) is 39.5 Å². The summed E-state index contributed by atoms with van der Waals surface area (Å²) in [6.45, 7) is 6.30. The van der Waals surface area contributed by atoms with Gasteiger partial charge in [-0.1, -0.05) is 38.8 Å². The summed E-state index contributed by atoms with van der Waals surface area (Å²) in [6.07, 6.45) is 4.66. The minimum Gasteiger partial charge on any atom is -0.370 e. The molecule has 0 aliphatic carbocycles. The van der Waals surface area contributed by atoms with E-state index in [0.29, 0.717) is 0 Å². The molecule has 3 aromatic rings. The summed E-state index contributed by atoms with van der Waals surface area (Å²) in [5.74, 6) is 1.85. The summed E-state index contributed by atoms with van der Waals surface area (Å²) in [5.41, 5.74) is 1.93. The van der Waals surface area contributed by atoms with Crippen molar-refractivity contribution in [2.75, 3.05) is 23.7 Å². The molecule has 0 saturated carbocycles. The van der Waals surface area contributed by atoms with Crippen LogP contribution in [0.4, 0.5) is 11.6 Å². The molecular weight excluding hydrogens is 296 g/mol. The zero-order valence-electron chi connectivity index (χ0n) is 14.6. The van der Waals surface area contributed by atoms with Crippen LogP contribution in [-0.2, 0) is 0 Å². The quantitative estimate of drug-likeness (QED) is 0.442. The second-order valence-corrected chi connectivity index (χ2v) is 6.16. The van der Waals surface area contributed by atoms with Crippen LogP contribution in [0.15, 0.2) is 36.4 Å². The van der Waals surface area contributed by atoms with E-state index in [1.807, 2.05) is 12.1 Å². The van der Waals surface area contributed by atoms with E-state index in [9.17, 15) is 0 Å². The van der Waals surface area contributed by atoms with E-state index in [2.05, 4.69) is 48.7 Å². The van der Waals surface area contributed by atoms with Gasteiger partial charge in [0.25, 0.3) is 0 Å². The maximum atomic E-state index is 4.81. The molecule has 2 aromatic heterocycles. The molecule has 0 saturated heterocycles. The molecule has 0 radical (unpaired) electrons. The number of pyridine rings is 2. The second-order valence-electron chi connectivity index (χ2n) is 6.16. The normalized spacial score (nSPS) is 11.1. The highest BCUT2D eigenvalue weighted by Gasteiger charge is 2.06. The predicted molar refractivity (Wildman–Crippen MR) is 104 cm³/mol. The summed E-state index contributed by atoms with van der Waals surface area (Å²) >= 11 is 0. The molecule has 0 spiro atoms. The molecule has 0 fully saturated rings. The molecule has 4 heteroatoms. The van der Waals surface area contributed by atoms with Gasteiger partial charge in [0.15, 0.2) is 0 Å². The van der Waals surface area contributed by atoms with Gasteiger partial charge >= 0.3 is 0 Å². The first kappa shape index (κ1) is 16.5. The fourth-order valence-electron chi connectivity index (χ4n) is 2.75. The number of rotatable bonds is 8. The van der Waals surface area contributed by atoms with Crippen molar-refractivity contribution in [3.05, 3.63) is 36.4 Å². The smallest absolute Gasteiger partial charge is 0.126 e. The average Bonchev–Trinajstić information content (AvgIpc) is 2.62. The van der Waals surface area contributed by atoms with Gasteiger partial charge in [0.1, 0.15) is 11.6 Å². The second kappa shape index (κ2) is 7.95. The molecule has 0 amide bonds. The lowest BCUT2D eigenvalue weighted by Gasteiger charge is -2.09. The third-order valence-electron chi connectivity index (χ3n) is 4.19. The Bertz CT molecular complexity index is 744. The standard InChI is InChI=1S/C20H26N4/c1-3-5-13-21-17-11-9-15-7-8-16-10-12-18(22-14-6-4-2)24-20(16)19(15)23-17/h7-12H,3-6,13-14H2,1-2H3,(H,21,23)(H,22,24). The highest BCUT2D eigenvalue weighted by molar-refractivity contribution is 6.03. The molecule has 0 aliphatic rings. The predicted octanol–water partition coefficient (Wildman–Crippen LogP) is 5.21. The average molecular weight is 322 g/mol. The Hall–Kier alpha value is -2.36. The van der Waals surface area contributed by atoms with Gasteiger partial charge < -0.3 is 10.6 Å². The molecule has 126 valence electrons. The highest BCUT2D eigenvalue weighted by atomic mass is 15.0. The van der Waals surface area contributed by atoms with Crippen LogP contribution in [0, 0.1) is 0 Å². The first-order valence-corrected chi connectivity index (χ1v) is 9.00. The fourth-order valence-corrected chi connectivity index (χ4v) is 2.75. The van der Waals surface area contributed by atoms with Crippen LogP contribution in [0.5, 0.6) is 0 Å². The maximum Gasteiger partial charge on any atom is 0.126 e. The molecule has 2 heterocycles. The number of benzene rings is 1. The van der Waals surface area contributed by atoms with Crippen molar-refractivity contribution in [1.29, 1.82) is 0 Å². The van der Waals surface area contributed by atoms with E-state index in [1.54, 1.807) is 0 Å². The number of nitrogens with zero attached hydrogens (tertiary/aromatic N) is 2. The van der Waals surface area contributed by atoms with Gasteiger partial charge in [-0.3, -0.25) is 0 Å². The third kappa shape index (κ3) is 3.75. The largest absolute Gasteiger partial charge is 0.370 e. The fraction of sp³-hybridized carbons (Fsp3) is 0.400. The molecular formula is C20H26N4. The van der Waals surface area contributed by atoms with Gasteiger partial charge in [-0.15, -0.1) is 0 Å². The van der Waals surface area contributed by atoms with Gasteiger partial charge in [-0.2, -0.15) is 0 Å². The summed E-state index contributed by atoms with van der Waals surface area (Å²) < 4.78 is 0. The van der Waals surface area contributed by atoms with Gasteiger partial charge in [0, 0.05) is 23.9 Å². The first-order valence-electron chi connectivity index (χ1n) is 9.00.